The summed E-state index contributed by atoms with van der Waals surface area (Å²) in [7, 11) is -4.37. The van der Waals surface area contributed by atoms with Crippen molar-refractivity contribution >= 4 is 50.2 Å². The predicted octanol–water partition coefficient (Wildman–Crippen LogP) is 8.66. The molecule has 230 valence electrons. The van der Waals surface area contributed by atoms with Crippen LogP contribution in [0.4, 0.5) is 34.1 Å². The van der Waals surface area contributed by atoms with Gasteiger partial charge >= 0.3 is 5.97 Å². The second-order valence-corrected chi connectivity index (χ2v) is 10.9. The van der Waals surface area contributed by atoms with Crippen LogP contribution in [0.5, 0.6) is 17.2 Å². The van der Waals surface area contributed by atoms with Gasteiger partial charge in [-0.25, -0.2) is 4.79 Å². The Hall–Kier alpha value is -6.32. The fourth-order valence-electron chi connectivity index (χ4n) is 3.96. The second kappa shape index (κ2) is 13.1. The minimum absolute atomic E-state index is 0.00814. The number of aromatic hydroxyl groups is 3. The molecular formula is C31H22N6O8S. The summed E-state index contributed by atoms with van der Waals surface area (Å²) in [5.41, 5.74) is 2.67. The number of nitrogens with zero attached hydrogens (tertiary/aromatic N) is 6. The Morgan fingerprint density at radius 2 is 1.00 bits per heavy atom. The van der Waals surface area contributed by atoms with Crippen LogP contribution in [0.1, 0.15) is 10.4 Å². The van der Waals surface area contributed by atoms with Gasteiger partial charge in [-0.2, -0.15) is 28.9 Å². The summed E-state index contributed by atoms with van der Waals surface area (Å²) in [5.74, 6) is -2.49. The Kier molecular flexibility index (Phi) is 8.88. The lowest BCUT2D eigenvalue weighted by Gasteiger charge is -2.04. The Balaban J connectivity index is 1.26. The predicted molar refractivity (Wildman–Crippen MR) is 166 cm³/mol. The molecule has 5 aromatic carbocycles. The minimum Gasteiger partial charge on any atom is -0.507 e. The molecule has 5 rings (SSSR count). The summed E-state index contributed by atoms with van der Waals surface area (Å²) in [6.07, 6.45) is 0. The zero-order valence-corrected chi connectivity index (χ0v) is 24.2. The standard InChI is InChI=1S/C31H22N6O8S/c38-27-15-11-23(17-25(27)31(41)42)35-32-20-5-1-18(2-6-20)19-3-7-21(8-4-19)33-36-26-14-16-28(39)29(30(26)40)37-34-22-9-12-24(13-10-22)46(43,44)45/h1-17,38-40H,(H,41,42)(H,43,44,45). The molecule has 0 bridgehead atoms. The highest BCUT2D eigenvalue weighted by molar-refractivity contribution is 7.85. The molecule has 0 saturated carbocycles. The summed E-state index contributed by atoms with van der Waals surface area (Å²) in [4.78, 5) is 10.9. The molecular weight excluding hydrogens is 616 g/mol. The van der Waals surface area contributed by atoms with Gasteiger partial charge in [0.15, 0.2) is 11.4 Å². The molecule has 0 aliphatic carbocycles. The van der Waals surface area contributed by atoms with Crippen molar-refractivity contribution in [3.63, 3.8) is 0 Å². The van der Waals surface area contributed by atoms with Gasteiger partial charge < -0.3 is 20.4 Å². The second-order valence-electron chi connectivity index (χ2n) is 9.47. The zero-order chi connectivity index (χ0) is 32.8. The number of hydrogen-bond acceptors (Lipinski definition) is 12. The van der Waals surface area contributed by atoms with E-state index >= 15 is 0 Å². The van der Waals surface area contributed by atoms with Crippen LogP contribution in [-0.4, -0.2) is 39.4 Å². The number of aromatic carboxylic acids is 1. The average Bonchev–Trinajstić information content (AvgIpc) is 3.04. The maximum Gasteiger partial charge on any atom is 0.339 e. The van der Waals surface area contributed by atoms with Crippen molar-refractivity contribution in [3.8, 4) is 28.4 Å². The average molecular weight is 639 g/mol. The third kappa shape index (κ3) is 7.42. The van der Waals surface area contributed by atoms with Crippen molar-refractivity contribution in [3.05, 3.63) is 109 Å². The molecule has 0 spiro atoms. The lowest BCUT2D eigenvalue weighted by Crippen LogP contribution is -1.96. The lowest BCUT2D eigenvalue weighted by molar-refractivity contribution is 0.0693. The molecule has 46 heavy (non-hydrogen) atoms. The molecule has 0 aliphatic rings. The smallest absolute Gasteiger partial charge is 0.339 e. The van der Waals surface area contributed by atoms with Gasteiger partial charge in [0.25, 0.3) is 10.1 Å². The van der Waals surface area contributed by atoms with E-state index in [2.05, 4.69) is 30.7 Å². The van der Waals surface area contributed by atoms with E-state index in [4.69, 9.17) is 9.66 Å². The molecule has 0 fully saturated rings. The number of phenolic OH excluding ortho intramolecular Hbond substituents is 2. The van der Waals surface area contributed by atoms with Crippen LogP contribution in [0.15, 0.2) is 139 Å². The van der Waals surface area contributed by atoms with Crippen molar-refractivity contribution in [1.82, 2.24) is 0 Å². The Labute approximate surface area is 260 Å². The molecule has 0 saturated heterocycles. The molecule has 0 atom stereocenters. The van der Waals surface area contributed by atoms with E-state index in [0.717, 1.165) is 23.3 Å². The monoisotopic (exact) mass is 638 g/mol. The molecule has 5 N–H and O–H groups in total. The van der Waals surface area contributed by atoms with Gasteiger partial charge in [0.05, 0.1) is 27.6 Å². The molecule has 5 aromatic rings. The van der Waals surface area contributed by atoms with E-state index in [1.54, 1.807) is 24.3 Å². The third-order valence-electron chi connectivity index (χ3n) is 6.34. The normalized spacial score (nSPS) is 11.9. The third-order valence-corrected chi connectivity index (χ3v) is 7.21. The van der Waals surface area contributed by atoms with E-state index in [1.165, 1.54) is 42.5 Å². The van der Waals surface area contributed by atoms with Gasteiger partial charge in [0.2, 0.25) is 0 Å². The number of phenols is 3. The molecule has 0 unspecified atom stereocenters. The SMILES string of the molecule is O=C(O)c1cc(N=Nc2ccc(-c3ccc(N=Nc4ccc(O)c(N=Nc5ccc(S(=O)(=O)O)cc5)c4O)cc3)cc2)ccc1O. The van der Waals surface area contributed by atoms with E-state index in [0.29, 0.717) is 11.4 Å². The topological polar surface area (TPSA) is 227 Å². The first-order valence-corrected chi connectivity index (χ1v) is 14.6. The number of benzene rings is 5. The number of carbonyl (C=O) groups is 1. The molecule has 0 aliphatic heterocycles. The summed E-state index contributed by atoms with van der Waals surface area (Å²) in [6.45, 7) is 0. The maximum atomic E-state index is 11.2. The van der Waals surface area contributed by atoms with Crippen LogP contribution < -0.4 is 0 Å². The Morgan fingerprint density at radius 1 is 0.543 bits per heavy atom. The first-order chi connectivity index (χ1) is 22.0. The van der Waals surface area contributed by atoms with Crippen molar-refractivity contribution in [1.29, 1.82) is 0 Å². The van der Waals surface area contributed by atoms with Crippen LogP contribution in [-0.2, 0) is 10.1 Å². The van der Waals surface area contributed by atoms with E-state index < -0.39 is 21.8 Å². The number of rotatable bonds is 9. The lowest BCUT2D eigenvalue weighted by atomic mass is 10.1. The van der Waals surface area contributed by atoms with Crippen LogP contribution in [0.25, 0.3) is 11.1 Å². The van der Waals surface area contributed by atoms with Crippen LogP contribution in [0, 0.1) is 0 Å². The number of carboxylic acid groups (broad SMARTS) is 1. The summed E-state index contributed by atoms with van der Waals surface area (Å²) >= 11 is 0. The molecule has 0 amide bonds. The summed E-state index contributed by atoms with van der Waals surface area (Å²) in [6, 6.07) is 25.5. The van der Waals surface area contributed by atoms with E-state index in [9.17, 15) is 28.5 Å². The summed E-state index contributed by atoms with van der Waals surface area (Å²) < 4.78 is 31.5. The molecule has 15 heteroatoms. The van der Waals surface area contributed by atoms with Crippen molar-refractivity contribution < 1.29 is 38.2 Å². The summed E-state index contributed by atoms with van der Waals surface area (Å²) in [5, 5.41) is 63.6. The molecule has 14 nitrogen and oxygen atoms in total. The van der Waals surface area contributed by atoms with Gasteiger partial charge in [-0.15, -0.1) is 10.2 Å². The number of carboxylic acids is 1. The van der Waals surface area contributed by atoms with Gasteiger partial charge in [-0.3, -0.25) is 4.55 Å². The Morgan fingerprint density at radius 3 is 1.54 bits per heavy atom. The molecule has 0 aromatic heterocycles. The van der Waals surface area contributed by atoms with E-state index in [1.807, 2.05) is 24.3 Å². The zero-order valence-electron chi connectivity index (χ0n) is 23.4. The van der Waals surface area contributed by atoms with E-state index in [-0.39, 0.29) is 44.7 Å². The van der Waals surface area contributed by atoms with Gasteiger partial charge in [0.1, 0.15) is 22.7 Å². The fourth-order valence-corrected chi connectivity index (χ4v) is 4.44. The van der Waals surface area contributed by atoms with Crippen LogP contribution >= 0.6 is 0 Å². The Bertz CT molecular complexity index is 2120. The maximum absolute atomic E-state index is 11.2. The first kappa shape index (κ1) is 31.1. The number of hydrogen-bond donors (Lipinski definition) is 5. The highest BCUT2D eigenvalue weighted by Gasteiger charge is 2.13. The molecule has 0 radical (unpaired) electrons. The quantitative estimate of drug-likeness (QED) is 0.0773. The van der Waals surface area contributed by atoms with Crippen molar-refractivity contribution in [2.45, 2.75) is 4.90 Å². The highest BCUT2D eigenvalue weighted by Crippen LogP contribution is 2.44. The van der Waals surface area contributed by atoms with Crippen molar-refractivity contribution in [2.24, 2.45) is 30.7 Å². The molecule has 0 heterocycles. The van der Waals surface area contributed by atoms with Crippen molar-refractivity contribution in [2.75, 3.05) is 0 Å². The van der Waals surface area contributed by atoms with Gasteiger partial charge in [-0.05, 0) is 90.0 Å². The largest absolute Gasteiger partial charge is 0.507 e. The van der Waals surface area contributed by atoms with Crippen LogP contribution in [0.2, 0.25) is 0 Å². The first-order valence-electron chi connectivity index (χ1n) is 13.1. The van der Waals surface area contributed by atoms with Gasteiger partial charge in [-0.1, -0.05) is 24.3 Å². The fraction of sp³-hybridized carbons (Fsp3) is 0. The minimum atomic E-state index is -4.37. The van der Waals surface area contributed by atoms with Gasteiger partial charge in [0, 0.05) is 0 Å². The highest BCUT2D eigenvalue weighted by atomic mass is 32.2. The number of azo groups is 3. The van der Waals surface area contributed by atoms with Crippen LogP contribution in [0.3, 0.4) is 0 Å².